The summed E-state index contributed by atoms with van der Waals surface area (Å²) < 4.78 is 5.61. The van der Waals surface area contributed by atoms with Crippen LogP contribution in [-0.2, 0) is 9.53 Å². The molecule has 0 rings (SSSR count). The Kier molecular flexibility index (Phi) is 9.56. The van der Waals surface area contributed by atoms with Crippen LogP contribution in [0.3, 0.4) is 0 Å². The molecule has 0 aromatic rings. The summed E-state index contributed by atoms with van der Waals surface area (Å²) in [7, 11) is 4.12. The maximum atomic E-state index is 10.4. The summed E-state index contributed by atoms with van der Waals surface area (Å²) in [6.45, 7) is 3.59. The van der Waals surface area contributed by atoms with Gasteiger partial charge in [0.05, 0.1) is 26.5 Å². The summed E-state index contributed by atoms with van der Waals surface area (Å²) in [5.74, 6) is 0.411. The summed E-state index contributed by atoms with van der Waals surface area (Å²) in [5.41, 5.74) is 0. The van der Waals surface area contributed by atoms with E-state index in [4.69, 9.17) is 16.3 Å². The lowest BCUT2D eigenvalue weighted by Crippen LogP contribution is -3.00. The van der Waals surface area contributed by atoms with E-state index in [1.54, 1.807) is 0 Å². The Hall–Kier alpha value is 0.450. The van der Waals surface area contributed by atoms with E-state index in [1.807, 2.05) is 0 Å². The van der Waals surface area contributed by atoms with Gasteiger partial charge in [0.2, 0.25) is 0 Å². The van der Waals surface area contributed by atoms with Gasteiger partial charge in [0.1, 0.15) is 13.2 Å². The molecule has 0 aliphatic heterocycles. The first-order valence-electron chi connectivity index (χ1n) is 3.99. The second kappa shape index (κ2) is 7.82. The topological polar surface area (TPSA) is 26.3 Å². The number of hydrogen-bond acceptors (Lipinski definition) is 2. The number of nitrogens with zero attached hydrogens (tertiary/aromatic N) is 1. The van der Waals surface area contributed by atoms with E-state index in [1.165, 1.54) is 6.92 Å². The van der Waals surface area contributed by atoms with Crippen molar-refractivity contribution in [2.75, 3.05) is 39.7 Å². The van der Waals surface area contributed by atoms with Gasteiger partial charge in [-0.05, 0) is 0 Å². The molecule has 0 bridgehead atoms. The molecule has 13 heavy (non-hydrogen) atoms. The number of rotatable bonds is 5. The summed E-state index contributed by atoms with van der Waals surface area (Å²) in [4.78, 5) is 10.4. The van der Waals surface area contributed by atoms with Gasteiger partial charge in [-0.2, -0.15) is 0 Å². The molecule has 0 N–H and O–H groups in total. The molecule has 0 saturated heterocycles. The number of alkyl halides is 1. The van der Waals surface area contributed by atoms with Crippen molar-refractivity contribution in [3.05, 3.63) is 0 Å². The Morgan fingerprint density at radius 3 is 2.31 bits per heavy atom. The smallest absolute Gasteiger partial charge is 0.302 e. The zero-order valence-electron chi connectivity index (χ0n) is 8.35. The zero-order valence-corrected chi connectivity index (χ0v) is 11.3. The standard InChI is InChI=1S/C8H17ClNO2.HI/c1-8(11)12-7-6-10(2,3)5-4-9;/h4-7H2,1-3H3;1H/q+1;/p-1. The highest BCUT2D eigenvalue weighted by atomic mass is 127. The first-order valence-corrected chi connectivity index (χ1v) is 4.53. The van der Waals surface area contributed by atoms with Gasteiger partial charge in [0.25, 0.3) is 0 Å². The van der Waals surface area contributed by atoms with Gasteiger partial charge in [-0.3, -0.25) is 4.79 Å². The number of likely N-dealkylation sites (N-methyl/N-ethyl adjacent to an activating group) is 1. The summed E-state index contributed by atoms with van der Waals surface area (Å²) >= 11 is 5.60. The molecule has 0 atom stereocenters. The molecule has 0 unspecified atom stereocenters. The number of ether oxygens (including phenoxy) is 1. The lowest BCUT2D eigenvalue weighted by Gasteiger charge is -2.28. The van der Waals surface area contributed by atoms with E-state index < -0.39 is 0 Å². The highest BCUT2D eigenvalue weighted by Gasteiger charge is 2.13. The molecule has 0 aliphatic carbocycles. The molecule has 0 amide bonds. The van der Waals surface area contributed by atoms with Crippen LogP contribution in [0.25, 0.3) is 0 Å². The van der Waals surface area contributed by atoms with Crippen molar-refractivity contribution in [2.45, 2.75) is 6.92 Å². The molecule has 0 radical (unpaired) electrons. The number of carbonyl (C=O) groups excluding carboxylic acids is 1. The van der Waals surface area contributed by atoms with Gasteiger partial charge in [-0.25, -0.2) is 0 Å². The molecular formula is C8H17ClINO2. The van der Waals surface area contributed by atoms with Gasteiger partial charge in [0.15, 0.2) is 0 Å². The van der Waals surface area contributed by atoms with Crippen molar-refractivity contribution in [3.63, 3.8) is 0 Å². The molecule has 3 nitrogen and oxygen atoms in total. The molecule has 0 aliphatic rings. The van der Waals surface area contributed by atoms with Crippen LogP contribution < -0.4 is 24.0 Å². The van der Waals surface area contributed by atoms with Crippen LogP contribution in [0.15, 0.2) is 0 Å². The Morgan fingerprint density at radius 2 is 1.92 bits per heavy atom. The van der Waals surface area contributed by atoms with Crippen molar-refractivity contribution in [1.29, 1.82) is 0 Å². The van der Waals surface area contributed by atoms with Crippen molar-refractivity contribution in [3.8, 4) is 0 Å². The van der Waals surface area contributed by atoms with Crippen molar-refractivity contribution < 1.29 is 38.0 Å². The zero-order chi connectivity index (χ0) is 9.61. The van der Waals surface area contributed by atoms with E-state index in [2.05, 4.69) is 14.1 Å². The van der Waals surface area contributed by atoms with Crippen LogP contribution in [0.4, 0.5) is 0 Å². The summed E-state index contributed by atoms with van der Waals surface area (Å²) in [5, 5.41) is 0. The van der Waals surface area contributed by atoms with Crippen molar-refractivity contribution in [1.82, 2.24) is 0 Å². The normalized spacial score (nSPS) is 10.5. The number of hydrogen-bond donors (Lipinski definition) is 0. The third-order valence-corrected chi connectivity index (χ3v) is 1.86. The van der Waals surface area contributed by atoms with E-state index in [-0.39, 0.29) is 29.9 Å². The van der Waals surface area contributed by atoms with Gasteiger partial charge in [-0.1, -0.05) is 0 Å². The molecule has 0 fully saturated rings. The van der Waals surface area contributed by atoms with Crippen LogP contribution in [0, 0.1) is 0 Å². The number of esters is 1. The van der Waals surface area contributed by atoms with E-state index >= 15 is 0 Å². The third kappa shape index (κ3) is 10.4. The highest BCUT2D eigenvalue weighted by molar-refractivity contribution is 6.17. The molecule has 0 saturated carbocycles. The highest BCUT2D eigenvalue weighted by Crippen LogP contribution is 1.97. The Morgan fingerprint density at radius 1 is 1.38 bits per heavy atom. The lowest BCUT2D eigenvalue weighted by atomic mass is 10.4. The Balaban J connectivity index is 0. The average Bonchev–Trinajstić information content (AvgIpc) is 1.85. The van der Waals surface area contributed by atoms with Crippen LogP contribution in [0.1, 0.15) is 6.92 Å². The van der Waals surface area contributed by atoms with E-state index in [9.17, 15) is 4.79 Å². The molecule has 5 heteroatoms. The van der Waals surface area contributed by atoms with Crippen molar-refractivity contribution in [2.24, 2.45) is 0 Å². The Labute approximate surface area is 102 Å². The van der Waals surface area contributed by atoms with E-state index in [0.717, 1.165) is 17.6 Å². The maximum absolute atomic E-state index is 10.4. The van der Waals surface area contributed by atoms with Crippen LogP contribution in [-0.4, -0.2) is 50.1 Å². The van der Waals surface area contributed by atoms with E-state index in [0.29, 0.717) is 12.5 Å². The van der Waals surface area contributed by atoms with Crippen LogP contribution in [0.5, 0.6) is 0 Å². The fourth-order valence-corrected chi connectivity index (χ4v) is 1.23. The largest absolute Gasteiger partial charge is 1.00 e. The molecule has 0 aromatic heterocycles. The average molecular weight is 322 g/mol. The summed E-state index contributed by atoms with van der Waals surface area (Å²) in [6.07, 6.45) is 0. The quantitative estimate of drug-likeness (QED) is 0.250. The monoisotopic (exact) mass is 321 g/mol. The predicted octanol–water partition coefficient (Wildman–Crippen LogP) is -2.13. The first kappa shape index (κ1) is 15.9. The van der Waals surface area contributed by atoms with Gasteiger partial charge >= 0.3 is 5.97 Å². The molecule has 80 valence electrons. The van der Waals surface area contributed by atoms with Crippen LogP contribution in [0.2, 0.25) is 0 Å². The SMILES string of the molecule is CC(=O)OCC[N+](C)(C)CCCl.[I-]. The predicted molar refractivity (Wildman–Crippen MR) is 49.2 cm³/mol. The maximum Gasteiger partial charge on any atom is 0.302 e. The minimum Gasteiger partial charge on any atom is -1.00 e. The third-order valence-electron chi connectivity index (χ3n) is 1.69. The minimum atomic E-state index is -0.221. The fourth-order valence-electron chi connectivity index (χ4n) is 0.777. The molecule has 0 aromatic carbocycles. The van der Waals surface area contributed by atoms with Gasteiger partial charge in [-0.15, -0.1) is 11.6 Å². The first-order chi connectivity index (χ1) is 5.48. The molecular weight excluding hydrogens is 304 g/mol. The number of halogens is 2. The minimum absolute atomic E-state index is 0. The van der Waals surface area contributed by atoms with Crippen molar-refractivity contribution >= 4 is 17.6 Å². The van der Waals surface area contributed by atoms with Gasteiger partial charge < -0.3 is 33.2 Å². The second-order valence-electron chi connectivity index (χ2n) is 3.41. The number of quaternary nitrogens is 1. The Bertz CT molecular complexity index is 153. The fraction of sp³-hybridized carbons (Fsp3) is 0.875. The van der Waals surface area contributed by atoms with Gasteiger partial charge in [0, 0.05) is 6.92 Å². The molecule has 0 heterocycles. The number of carbonyl (C=O) groups is 1. The summed E-state index contributed by atoms with van der Waals surface area (Å²) in [6, 6.07) is 0. The second-order valence-corrected chi connectivity index (χ2v) is 3.79. The van der Waals surface area contributed by atoms with Crippen LogP contribution >= 0.6 is 11.6 Å². The lowest BCUT2D eigenvalue weighted by molar-refractivity contribution is -0.888. The molecule has 0 spiro atoms.